The van der Waals surface area contributed by atoms with Gasteiger partial charge in [-0.2, -0.15) is 0 Å². The molecule has 0 bridgehead atoms. The summed E-state index contributed by atoms with van der Waals surface area (Å²) in [5.41, 5.74) is 3.70. The van der Waals surface area contributed by atoms with Gasteiger partial charge in [-0.25, -0.2) is 0 Å². The SMILES string of the molecule is CC(C)(C)NC(=O)CNCc1cccc2c1NCCC2. The molecule has 20 heavy (non-hydrogen) atoms. The van der Waals surface area contributed by atoms with Crippen LogP contribution in [0.4, 0.5) is 5.69 Å². The van der Waals surface area contributed by atoms with E-state index in [1.54, 1.807) is 0 Å². The van der Waals surface area contributed by atoms with Gasteiger partial charge in [-0.15, -0.1) is 0 Å². The summed E-state index contributed by atoms with van der Waals surface area (Å²) in [6.45, 7) is 8.07. The fraction of sp³-hybridized carbons (Fsp3) is 0.562. The van der Waals surface area contributed by atoms with Crippen molar-refractivity contribution in [2.75, 3.05) is 18.4 Å². The molecule has 0 unspecified atom stereocenters. The number of carbonyl (C=O) groups excluding carboxylic acids is 1. The largest absolute Gasteiger partial charge is 0.385 e. The van der Waals surface area contributed by atoms with Gasteiger partial charge in [0.25, 0.3) is 0 Å². The Morgan fingerprint density at radius 2 is 2.15 bits per heavy atom. The van der Waals surface area contributed by atoms with Gasteiger partial charge >= 0.3 is 0 Å². The van der Waals surface area contributed by atoms with Crippen LogP contribution in [0.3, 0.4) is 0 Å². The molecule has 0 atom stereocenters. The summed E-state index contributed by atoms with van der Waals surface area (Å²) in [5, 5.41) is 9.64. The zero-order valence-electron chi connectivity index (χ0n) is 12.7. The monoisotopic (exact) mass is 275 g/mol. The molecule has 4 nitrogen and oxygen atoms in total. The average molecular weight is 275 g/mol. The van der Waals surface area contributed by atoms with Crippen molar-refractivity contribution in [1.29, 1.82) is 0 Å². The summed E-state index contributed by atoms with van der Waals surface area (Å²) in [6.07, 6.45) is 2.33. The second kappa shape index (κ2) is 6.27. The highest BCUT2D eigenvalue weighted by Gasteiger charge is 2.14. The normalized spacial score (nSPS) is 14.3. The Kier molecular flexibility index (Phi) is 4.65. The first-order chi connectivity index (χ1) is 9.46. The van der Waals surface area contributed by atoms with Gasteiger partial charge in [0.2, 0.25) is 5.91 Å². The standard InChI is InChI=1S/C16H25N3O/c1-16(2,3)19-14(20)11-17-10-13-7-4-6-12-8-5-9-18-15(12)13/h4,6-7,17-18H,5,8-11H2,1-3H3,(H,19,20). The number of hydrogen-bond acceptors (Lipinski definition) is 3. The fourth-order valence-electron chi connectivity index (χ4n) is 2.50. The van der Waals surface area contributed by atoms with Crippen molar-refractivity contribution in [2.24, 2.45) is 0 Å². The van der Waals surface area contributed by atoms with Gasteiger partial charge < -0.3 is 16.0 Å². The number of amides is 1. The molecule has 0 fully saturated rings. The minimum absolute atomic E-state index is 0.0373. The maximum absolute atomic E-state index is 11.7. The third kappa shape index (κ3) is 4.23. The third-order valence-electron chi connectivity index (χ3n) is 3.28. The lowest BCUT2D eigenvalue weighted by molar-refractivity contribution is -0.121. The van der Waals surface area contributed by atoms with Crippen LogP contribution in [-0.4, -0.2) is 24.5 Å². The minimum atomic E-state index is -0.174. The summed E-state index contributed by atoms with van der Waals surface area (Å²) in [7, 11) is 0. The molecule has 1 aromatic carbocycles. The molecule has 0 saturated heterocycles. The molecule has 0 aliphatic carbocycles. The molecule has 1 heterocycles. The van der Waals surface area contributed by atoms with E-state index in [9.17, 15) is 4.79 Å². The number of anilines is 1. The molecular weight excluding hydrogens is 250 g/mol. The molecule has 1 amide bonds. The second-order valence-electron chi connectivity index (χ2n) is 6.38. The first-order valence-corrected chi connectivity index (χ1v) is 7.32. The van der Waals surface area contributed by atoms with Crippen molar-refractivity contribution in [3.05, 3.63) is 29.3 Å². The van der Waals surface area contributed by atoms with Crippen molar-refractivity contribution in [3.63, 3.8) is 0 Å². The fourth-order valence-corrected chi connectivity index (χ4v) is 2.50. The van der Waals surface area contributed by atoms with E-state index in [2.05, 4.69) is 34.1 Å². The van der Waals surface area contributed by atoms with Crippen LogP contribution in [0.1, 0.15) is 38.3 Å². The van der Waals surface area contributed by atoms with E-state index in [4.69, 9.17) is 0 Å². The van der Waals surface area contributed by atoms with Crippen molar-refractivity contribution in [3.8, 4) is 0 Å². The maximum Gasteiger partial charge on any atom is 0.234 e. The lowest BCUT2D eigenvalue weighted by Gasteiger charge is -2.22. The van der Waals surface area contributed by atoms with Crippen LogP contribution in [0.15, 0.2) is 18.2 Å². The van der Waals surface area contributed by atoms with Gasteiger partial charge in [0.05, 0.1) is 6.54 Å². The number of fused-ring (bicyclic) bond motifs is 1. The van der Waals surface area contributed by atoms with Crippen molar-refractivity contribution < 1.29 is 4.79 Å². The number of benzene rings is 1. The van der Waals surface area contributed by atoms with E-state index in [0.29, 0.717) is 13.1 Å². The van der Waals surface area contributed by atoms with Gasteiger partial charge in [-0.3, -0.25) is 4.79 Å². The molecule has 0 radical (unpaired) electrons. The van der Waals surface area contributed by atoms with Crippen LogP contribution in [0.5, 0.6) is 0 Å². The number of carbonyl (C=O) groups is 1. The molecule has 4 heteroatoms. The number of para-hydroxylation sites is 1. The van der Waals surface area contributed by atoms with Crippen LogP contribution in [0, 0.1) is 0 Å². The summed E-state index contributed by atoms with van der Waals surface area (Å²) < 4.78 is 0. The smallest absolute Gasteiger partial charge is 0.234 e. The van der Waals surface area contributed by atoms with Crippen molar-refractivity contribution in [1.82, 2.24) is 10.6 Å². The summed E-state index contributed by atoms with van der Waals surface area (Å²) in [5.74, 6) is 0.0373. The summed E-state index contributed by atoms with van der Waals surface area (Å²) >= 11 is 0. The Morgan fingerprint density at radius 3 is 2.90 bits per heavy atom. The maximum atomic E-state index is 11.7. The van der Waals surface area contributed by atoms with E-state index in [-0.39, 0.29) is 11.4 Å². The highest BCUT2D eigenvalue weighted by molar-refractivity contribution is 5.78. The molecule has 2 rings (SSSR count). The van der Waals surface area contributed by atoms with E-state index in [1.807, 2.05) is 20.8 Å². The summed E-state index contributed by atoms with van der Waals surface area (Å²) in [4.78, 5) is 11.7. The lowest BCUT2D eigenvalue weighted by atomic mass is 9.99. The summed E-state index contributed by atoms with van der Waals surface area (Å²) in [6, 6.07) is 6.39. The molecule has 1 aromatic rings. The predicted octanol–water partition coefficient (Wildman–Crippen LogP) is 2.05. The molecule has 0 saturated carbocycles. The zero-order chi connectivity index (χ0) is 14.6. The van der Waals surface area contributed by atoms with Crippen LogP contribution < -0.4 is 16.0 Å². The van der Waals surface area contributed by atoms with E-state index < -0.39 is 0 Å². The van der Waals surface area contributed by atoms with Crippen molar-refractivity contribution in [2.45, 2.75) is 45.7 Å². The van der Waals surface area contributed by atoms with E-state index in [1.165, 1.54) is 23.2 Å². The van der Waals surface area contributed by atoms with Gasteiger partial charge in [0, 0.05) is 24.3 Å². The molecule has 110 valence electrons. The number of aryl methyl sites for hydroxylation is 1. The van der Waals surface area contributed by atoms with Gasteiger partial charge in [-0.05, 0) is 44.7 Å². The zero-order valence-corrected chi connectivity index (χ0v) is 12.7. The number of rotatable bonds is 4. The Morgan fingerprint density at radius 1 is 1.35 bits per heavy atom. The Balaban J connectivity index is 1.87. The molecule has 0 spiro atoms. The predicted molar refractivity (Wildman–Crippen MR) is 82.9 cm³/mol. The van der Waals surface area contributed by atoms with Crippen LogP contribution in [-0.2, 0) is 17.8 Å². The Labute approximate surface area is 121 Å². The van der Waals surface area contributed by atoms with Crippen LogP contribution in [0.25, 0.3) is 0 Å². The van der Waals surface area contributed by atoms with Crippen LogP contribution >= 0.6 is 0 Å². The topological polar surface area (TPSA) is 53.2 Å². The Bertz CT molecular complexity index is 477. The average Bonchev–Trinajstić information content (AvgIpc) is 2.37. The molecule has 3 N–H and O–H groups in total. The highest BCUT2D eigenvalue weighted by Crippen LogP contribution is 2.25. The minimum Gasteiger partial charge on any atom is -0.385 e. The van der Waals surface area contributed by atoms with Gasteiger partial charge in [-0.1, -0.05) is 18.2 Å². The first-order valence-electron chi connectivity index (χ1n) is 7.32. The Hall–Kier alpha value is -1.55. The van der Waals surface area contributed by atoms with Crippen molar-refractivity contribution >= 4 is 11.6 Å². The molecular formula is C16H25N3O. The third-order valence-corrected chi connectivity index (χ3v) is 3.28. The highest BCUT2D eigenvalue weighted by atomic mass is 16.2. The number of nitrogens with one attached hydrogen (secondary N) is 3. The second-order valence-corrected chi connectivity index (χ2v) is 6.38. The van der Waals surface area contributed by atoms with E-state index >= 15 is 0 Å². The number of hydrogen-bond donors (Lipinski definition) is 3. The molecule has 1 aliphatic rings. The lowest BCUT2D eigenvalue weighted by Crippen LogP contribution is -2.44. The molecule has 1 aliphatic heterocycles. The van der Waals surface area contributed by atoms with E-state index in [0.717, 1.165) is 13.0 Å². The van der Waals surface area contributed by atoms with Gasteiger partial charge in [0.1, 0.15) is 0 Å². The van der Waals surface area contributed by atoms with Gasteiger partial charge in [0.15, 0.2) is 0 Å². The molecule has 0 aromatic heterocycles. The van der Waals surface area contributed by atoms with Crippen LogP contribution in [0.2, 0.25) is 0 Å². The first kappa shape index (κ1) is 14.9. The quantitative estimate of drug-likeness (QED) is 0.788.